The molecular formula is C24H38N4O4. The van der Waals surface area contributed by atoms with E-state index >= 15 is 0 Å². The second kappa shape index (κ2) is 11.6. The van der Waals surface area contributed by atoms with Crippen molar-refractivity contribution in [3.63, 3.8) is 0 Å². The van der Waals surface area contributed by atoms with E-state index in [4.69, 9.17) is 4.74 Å². The van der Waals surface area contributed by atoms with E-state index in [0.29, 0.717) is 32.2 Å². The molecule has 0 bridgehead atoms. The fourth-order valence-corrected chi connectivity index (χ4v) is 4.38. The van der Waals surface area contributed by atoms with Gasteiger partial charge in [-0.25, -0.2) is 0 Å². The average molecular weight is 447 g/mol. The number of piperazine rings is 1. The van der Waals surface area contributed by atoms with Crippen LogP contribution in [0.15, 0.2) is 17.2 Å². The second-order valence-electron chi connectivity index (χ2n) is 9.42. The van der Waals surface area contributed by atoms with Crippen LogP contribution < -0.4 is 10.7 Å². The summed E-state index contributed by atoms with van der Waals surface area (Å²) in [5.74, 6) is -0.168. The van der Waals surface area contributed by atoms with E-state index in [1.165, 1.54) is 0 Å². The molecule has 2 aliphatic rings. The predicted octanol–water partition coefficient (Wildman–Crippen LogP) is 1.97. The quantitative estimate of drug-likeness (QED) is 0.627. The molecule has 0 spiro atoms. The Morgan fingerprint density at radius 3 is 2.34 bits per heavy atom. The number of carbonyl (C=O) groups is 2. The van der Waals surface area contributed by atoms with Gasteiger partial charge in [0.05, 0.1) is 6.61 Å². The summed E-state index contributed by atoms with van der Waals surface area (Å²) in [6.07, 6.45) is 8.24. The van der Waals surface area contributed by atoms with Gasteiger partial charge in [-0.1, -0.05) is 26.7 Å². The Morgan fingerprint density at radius 2 is 1.72 bits per heavy atom. The van der Waals surface area contributed by atoms with Crippen molar-refractivity contribution < 1.29 is 14.3 Å². The summed E-state index contributed by atoms with van der Waals surface area (Å²) in [5, 5.41) is 3.00. The lowest BCUT2D eigenvalue weighted by molar-refractivity contribution is 0.0592. The first kappa shape index (κ1) is 24.5. The molecule has 1 saturated carbocycles. The van der Waals surface area contributed by atoms with Crippen LogP contribution in [0.3, 0.4) is 0 Å². The molecule has 1 aromatic rings. The van der Waals surface area contributed by atoms with Gasteiger partial charge < -0.3 is 19.5 Å². The Bertz CT molecular complexity index is 837. The van der Waals surface area contributed by atoms with Crippen LogP contribution in [0.1, 0.15) is 66.7 Å². The molecule has 1 aliphatic carbocycles. The summed E-state index contributed by atoms with van der Waals surface area (Å²) < 4.78 is 6.98. The normalized spacial score (nSPS) is 17.8. The first-order valence-corrected chi connectivity index (χ1v) is 11.9. The highest BCUT2D eigenvalue weighted by Gasteiger charge is 2.27. The molecule has 1 saturated heterocycles. The zero-order chi connectivity index (χ0) is 23.1. The molecule has 2 amide bonds. The lowest BCUT2D eigenvalue weighted by atomic mass is 10.1. The largest absolute Gasteiger partial charge is 0.383 e. The van der Waals surface area contributed by atoms with Gasteiger partial charge in [0.2, 0.25) is 5.43 Å². The first-order chi connectivity index (χ1) is 15.4. The average Bonchev–Trinajstić information content (AvgIpc) is 3.29. The molecule has 2 fully saturated rings. The lowest BCUT2D eigenvalue weighted by Crippen LogP contribution is -2.50. The smallest absolute Gasteiger partial charge is 0.259 e. The van der Waals surface area contributed by atoms with Crippen molar-refractivity contribution in [2.24, 2.45) is 5.92 Å². The zero-order valence-electron chi connectivity index (χ0n) is 19.8. The number of aromatic nitrogens is 1. The number of rotatable bonds is 9. The Morgan fingerprint density at radius 1 is 1.06 bits per heavy atom. The van der Waals surface area contributed by atoms with Crippen molar-refractivity contribution in [2.45, 2.75) is 58.5 Å². The monoisotopic (exact) mass is 446 g/mol. The molecule has 3 rings (SSSR count). The number of methoxy groups -OCH3 is 1. The van der Waals surface area contributed by atoms with Crippen molar-refractivity contribution in [3.8, 4) is 0 Å². The van der Waals surface area contributed by atoms with Gasteiger partial charge in [-0.3, -0.25) is 19.3 Å². The number of nitrogens with zero attached hydrogens (tertiary/aromatic N) is 3. The molecule has 8 nitrogen and oxygen atoms in total. The number of aryl methyl sites for hydroxylation is 1. The van der Waals surface area contributed by atoms with Gasteiger partial charge in [0.25, 0.3) is 11.8 Å². The molecule has 2 heterocycles. The maximum atomic E-state index is 13.3. The van der Waals surface area contributed by atoms with E-state index in [9.17, 15) is 14.4 Å². The van der Waals surface area contributed by atoms with Crippen LogP contribution in [0.2, 0.25) is 0 Å². The minimum Gasteiger partial charge on any atom is -0.383 e. The summed E-state index contributed by atoms with van der Waals surface area (Å²) >= 11 is 0. The van der Waals surface area contributed by atoms with Crippen molar-refractivity contribution in [1.82, 2.24) is 19.7 Å². The molecule has 32 heavy (non-hydrogen) atoms. The van der Waals surface area contributed by atoms with Crippen LogP contribution in [-0.2, 0) is 11.3 Å². The van der Waals surface area contributed by atoms with E-state index in [1.54, 1.807) is 24.4 Å². The van der Waals surface area contributed by atoms with Crippen LogP contribution >= 0.6 is 0 Å². The minimum atomic E-state index is -0.465. The zero-order valence-corrected chi connectivity index (χ0v) is 19.8. The van der Waals surface area contributed by atoms with Crippen LogP contribution in [0.5, 0.6) is 0 Å². The third kappa shape index (κ3) is 6.42. The Labute approximate surface area is 190 Å². The molecule has 0 aromatic carbocycles. The van der Waals surface area contributed by atoms with Gasteiger partial charge in [-0.15, -0.1) is 0 Å². The van der Waals surface area contributed by atoms with E-state index < -0.39 is 5.43 Å². The van der Waals surface area contributed by atoms with Crippen LogP contribution in [0.4, 0.5) is 0 Å². The summed E-state index contributed by atoms with van der Waals surface area (Å²) in [5.41, 5.74) is -0.295. The fourth-order valence-electron chi connectivity index (χ4n) is 4.38. The van der Waals surface area contributed by atoms with Crippen LogP contribution in [-0.4, -0.2) is 78.7 Å². The maximum absolute atomic E-state index is 13.3. The van der Waals surface area contributed by atoms with E-state index in [0.717, 1.165) is 51.7 Å². The van der Waals surface area contributed by atoms with E-state index in [-0.39, 0.29) is 29.0 Å². The van der Waals surface area contributed by atoms with Crippen LogP contribution in [0.25, 0.3) is 0 Å². The van der Waals surface area contributed by atoms with Gasteiger partial charge in [0.1, 0.15) is 11.1 Å². The van der Waals surface area contributed by atoms with Crippen molar-refractivity contribution in [1.29, 1.82) is 0 Å². The number of hydrogen-bond donors (Lipinski definition) is 1. The molecule has 0 atom stereocenters. The highest BCUT2D eigenvalue weighted by atomic mass is 16.5. The standard InChI is InChI=1S/C24H38N4O4/c1-18(2)8-9-27-16-20(23(30)25-19-6-4-5-7-19)22(29)21(17-27)24(31)28-12-10-26(11-13-28)14-15-32-3/h16-19H,4-15H2,1-3H3,(H,25,30). The summed E-state index contributed by atoms with van der Waals surface area (Å²) in [6.45, 7) is 9.03. The Kier molecular flexibility index (Phi) is 8.87. The minimum absolute atomic E-state index is 0.0743. The molecule has 178 valence electrons. The predicted molar refractivity (Wildman–Crippen MR) is 124 cm³/mol. The number of pyridine rings is 1. The van der Waals surface area contributed by atoms with Gasteiger partial charge in [0.15, 0.2) is 0 Å². The molecule has 0 unspecified atom stereocenters. The fraction of sp³-hybridized carbons (Fsp3) is 0.708. The molecule has 1 aliphatic heterocycles. The highest BCUT2D eigenvalue weighted by Crippen LogP contribution is 2.18. The lowest BCUT2D eigenvalue weighted by Gasteiger charge is -2.34. The van der Waals surface area contributed by atoms with Gasteiger partial charge >= 0.3 is 0 Å². The summed E-state index contributed by atoms with van der Waals surface area (Å²) in [6, 6.07) is 0.116. The molecule has 1 aromatic heterocycles. The van der Waals surface area contributed by atoms with E-state index in [2.05, 4.69) is 24.1 Å². The Hall–Kier alpha value is -2.19. The van der Waals surface area contributed by atoms with Crippen LogP contribution in [0, 0.1) is 5.92 Å². The third-order valence-corrected chi connectivity index (χ3v) is 6.48. The maximum Gasteiger partial charge on any atom is 0.259 e. The topological polar surface area (TPSA) is 83.9 Å². The number of carbonyl (C=O) groups excluding carboxylic acids is 2. The molecule has 1 N–H and O–H groups in total. The molecule has 8 heteroatoms. The summed E-state index contributed by atoms with van der Waals surface area (Å²) in [7, 11) is 1.68. The van der Waals surface area contributed by atoms with Crippen molar-refractivity contribution in [2.75, 3.05) is 46.4 Å². The number of ether oxygens (including phenoxy) is 1. The number of nitrogens with one attached hydrogen (secondary N) is 1. The highest BCUT2D eigenvalue weighted by molar-refractivity contribution is 5.99. The Balaban J connectivity index is 1.80. The second-order valence-corrected chi connectivity index (χ2v) is 9.42. The number of hydrogen-bond acceptors (Lipinski definition) is 5. The summed E-state index contributed by atoms with van der Waals surface area (Å²) in [4.78, 5) is 43.4. The SMILES string of the molecule is COCCN1CCN(C(=O)c2cn(CCC(C)C)cc(C(=O)NC3CCCC3)c2=O)CC1. The van der Waals surface area contributed by atoms with Gasteiger partial charge in [0, 0.05) is 64.8 Å². The van der Waals surface area contributed by atoms with Gasteiger partial charge in [-0.2, -0.15) is 0 Å². The third-order valence-electron chi connectivity index (χ3n) is 6.48. The van der Waals surface area contributed by atoms with E-state index in [1.807, 2.05) is 4.57 Å². The molecular weight excluding hydrogens is 408 g/mol. The van der Waals surface area contributed by atoms with Gasteiger partial charge in [-0.05, 0) is 25.2 Å². The van der Waals surface area contributed by atoms with Crippen molar-refractivity contribution >= 4 is 11.8 Å². The van der Waals surface area contributed by atoms with Crippen molar-refractivity contribution in [3.05, 3.63) is 33.7 Å². The first-order valence-electron chi connectivity index (χ1n) is 11.9. The molecule has 0 radical (unpaired) electrons. The number of amides is 2.